The van der Waals surface area contributed by atoms with E-state index in [0.717, 1.165) is 24.8 Å². The van der Waals surface area contributed by atoms with Crippen molar-refractivity contribution in [2.45, 2.75) is 25.7 Å². The molecule has 0 aromatic heterocycles. The van der Waals surface area contributed by atoms with E-state index < -0.39 is 0 Å². The monoisotopic (exact) mass is 205 g/mol. The molecule has 3 nitrogen and oxygen atoms in total. The highest BCUT2D eigenvalue weighted by Crippen LogP contribution is 2.07. The summed E-state index contributed by atoms with van der Waals surface area (Å²) < 4.78 is 0. The van der Waals surface area contributed by atoms with E-state index in [1.54, 1.807) is 0 Å². The molecule has 0 saturated heterocycles. The zero-order chi connectivity index (χ0) is 10.9. The van der Waals surface area contributed by atoms with E-state index >= 15 is 0 Å². The second kappa shape index (κ2) is 6.87. The Morgan fingerprint density at radius 1 is 1.07 bits per heavy atom. The van der Waals surface area contributed by atoms with Gasteiger partial charge in [-0.1, -0.05) is 41.9 Å². The molecule has 80 valence electrons. The second-order valence-corrected chi connectivity index (χ2v) is 3.45. The molecule has 0 aliphatic carbocycles. The predicted octanol–water partition coefficient (Wildman–Crippen LogP) is 3.20. The smallest absolute Gasteiger partial charge is 0.162 e. The number of nitrogens with zero attached hydrogens (tertiary/aromatic N) is 1. The SMILES string of the molecule is O=NCCCCCC(=O)c1ccccc1. The molecule has 0 radical (unpaired) electrons. The zero-order valence-electron chi connectivity index (χ0n) is 8.69. The first-order chi connectivity index (χ1) is 7.34. The van der Waals surface area contributed by atoms with Gasteiger partial charge in [-0.2, -0.15) is 4.91 Å². The van der Waals surface area contributed by atoms with Gasteiger partial charge in [-0.05, 0) is 12.8 Å². The van der Waals surface area contributed by atoms with Crippen LogP contribution in [0, 0.1) is 4.91 Å². The van der Waals surface area contributed by atoms with Gasteiger partial charge in [0.15, 0.2) is 5.78 Å². The third-order valence-corrected chi connectivity index (χ3v) is 2.25. The average molecular weight is 205 g/mol. The minimum absolute atomic E-state index is 0.176. The fourth-order valence-electron chi connectivity index (χ4n) is 1.41. The number of unbranched alkanes of at least 4 members (excludes halogenated alkanes) is 2. The Hall–Kier alpha value is -1.51. The molecule has 0 unspecified atom stereocenters. The number of nitroso groups, excluding NO2 is 1. The highest BCUT2D eigenvalue weighted by atomic mass is 16.3. The van der Waals surface area contributed by atoms with Gasteiger partial charge in [0.2, 0.25) is 0 Å². The molecule has 1 aromatic carbocycles. The summed E-state index contributed by atoms with van der Waals surface area (Å²) in [5, 5.41) is 2.78. The van der Waals surface area contributed by atoms with E-state index in [1.807, 2.05) is 30.3 Å². The van der Waals surface area contributed by atoms with Crippen LogP contribution in [0.3, 0.4) is 0 Å². The topological polar surface area (TPSA) is 46.5 Å². The van der Waals surface area contributed by atoms with Crippen molar-refractivity contribution in [2.75, 3.05) is 6.54 Å². The lowest BCUT2D eigenvalue weighted by Gasteiger charge is -1.99. The van der Waals surface area contributed by atoms with Gasteiger partial charge in [0.1, 0.15) is 0 Å². The minimum atomic E-state index is 0.176. The predicted molar refractivity (Wildman–Crippen MR) is 59.9 cm³/mol. The average Bonchev–Trinajstić information content (AvgIpc) is 2.30. The first-order valence-electron chi connectivity index (χ1n) is 5.22. The largest absolute Gasteiger partial charge is 0.294 e. The van der Waals surface area contributed by atoms with Gasteiger partial charge in [0.05, 0.1) is 6.54 Å². The fourth-order valence-corrected chi connectivity index (χ4v) is 1.41. The van der Waals surface area contributed by atoms with Gasteiger partial charge >= 0.3 is 0 Å². The molecule has 15 heavy (non-hydrogen) atoms. The maximum atomic E-state index is 11.6. The van der Waals surface area contributed by atoms with Crippen LogP contribution in [0.4, 0.5) is 0 Å². The lowest BCUT2D eigenvalue weighted by Crippen LogP contribution is -1.98. The first-order valence-corrected chi connectivity index (χ1v) is 5.22. The lowest BCUT2D eigenvalue weighted by molar-refractivity contribution is 0.0979. The van der Waals surface area contributed by atoms with Crippen LogP contribution in [0.25, 0.3) is 0 Å². The molecule has 1 rings (SSSR count). The normalized spacial score (nSPS) is 9.87. The number of carbonyl (C=O) groups is 1. The first kappa shape index (κ1) is 11.6. The third-order valence-electron chi connectivity index (χ3n) is 2.25. The summed E-state index contributed by atoms with van der Waals surface area (Å²) in [4.78, 5) is 21.4. The highest BCUT2D eigenvalue weighted by molar-refractivity contribution is 5.95. The molecule has 0 heterocycles. The van der Waals surface area contributed by atoms with Crippen molar-refractivity contribution in [3.63, 3.8) is 0 Å². The highest BCUT2D eigenvalue weighted by Gasteiger charge is 2.03. The van der Waals surface area contributed by atoms with Crippen LogP contribution in [0.15, 0.2) is 35.5 Å². The lowest BCUT2D eigenvalue weighted by atomic mass is 10.1. The van der Waals surface area contributed by atoms with Crippen LogP contribution >= 0.6 is 0 Å². The van der Waals surface area contributed by atoms with Crippen molar-refractivity contribution in [1.82, 2.24) is 0 Å². The minimum Gasteiger partial charge on any atom is -0.294 e. The van der Waals surface area contributed by atoms with E-state index in [2.05, 4.69) is 5.18 Å². The van der Waals surface area contributed by atoms with Crippen LogP contribution in [-0.4, -0.2) is 12.3 Å². The molecule has 0 bridgehead atoms. The quantitative estimate of drug-likeness (QED) is 0.390. The number of ketones is 1. The summed E-state index contributed by atoms with van der Waals surface area (Å²) in [5.41, 5.74) is 0.769. The van der Waals surface area contributed by atoms with Gasteiger partial charge in [-0.25, -0.2) is 0 Å². The summed E-state index contributed by atoms with van der Waals surface area (Å²) in [6, 6.07) is 9.28. The number of rotatable bonds is 7. The molecule has 0 aliphatic rings. The summed E-state index contributed by atoms with van der Waals surface area (Å²) in [5.74, 6) is 0.176. The number of hydrogen-bond donors (Lipinski definition) is 0. The van der Waals surface area contributed by atoms with Gasteiger partial charge in [-0.15, -0.1) is 0 Å². The van der Waals surface area contributed by atoms with Crippen LogP contribution in [-0.2, 0) is 0 Å². The summed E-state index contributed by atoms with van der Waals surface area (Å²) >= 11 is 0. The van der Waals surface area contributed by atoms with Gasteiger partial charge in [0, 0.05) is 12.0 Å². The summed E-state index contributed by atoms with van der Waals surface area (Å²) in [7, 11) is 0. The molecule has 0 amide bonds. The van der Waals surface area contributed by atoms with E-state index in [-0.39, 0.29) is 5.78 Å². The van der Waals surface area contributed by atoms with Crippen LogP contribution < -0.4 is 0 Å². The van der Waals surface area contributed by atoms with Gasteiger partial charge in [0.25, 0.3) is 0 Å². The molecule has 0 atom stereocenters. The van der Waals surface area contributed by atoms with Crippen LogP contribution in [0.5, 0.6) is 0 Å². The van der Waals surface area contributed by atoms with Crippen molar-refractivity contribution >= 4 is 5.78 Å². The van der Waals surface area contributed by atoms with Crippen molar-refractivity contribution < 1.29 is 4.79 Å². The number of hydrogen-bond acceptors (Lipinski definition) is 3. The second-order valence-electron chi connectivity index (χ2n) is 3.45. The number of benzene rings is 1. The van der Waals surface area contributed by atoms with Crippen molar-refractivity contribution in [3.8, 4) is 0 Å². The molecule has 3 heteroatoms. The maximum absolute atomic E-state index is 11.6. The van der Waals surface area contributed by atoms with Crippen LogP contribution in [0.2, 0.25) is 0 Å². The molecule has 0 fully saturated rings. The Kier molecular flexibility index (Phi) is 5.30. The number of Topliss-reactive ketones (excluding diaryl/α,β-unsaturated/α-hetero) is 1. The van der Waals surface area contributed by atoms with Crippen molar-refractivity contribution in [2.24, 2.45) is 5.18 Å². The standard InChI is InChI=1S/C12H15NO2/c14-12(9-5-2-6-10-13-15)11-7-3-1-4-8-11/h1,3-4,7-8H,2,5-6,9-10H2. The molecule has 0 spiro atoms. The molecule has 1 aromatic rings. The molecule has 0 aliphatic heterocycles. The Bertz CT molecular complexity index is 309. The Labute approximate surface area is 89.5 Å². The van der Waals surface area contributed by atoms with E-state index in [0.29, 0.717) is 13.0 Å². The van der Waals surface area contributed by atoms with E-state index in [9.17, 15) is 9.70 Å². The van der Waals surface area contributed by atoms with Gasteiger partial charge in [-0.3, -0.25) is 4.79 Å². The molecular weight excluding hydrogens is 190 g/mol. The Morgan fingerprint density at radius 2 is 1.80 bits per heavy atom. The van der Waals surface area contributed by atoms with Crippen molar-refractivity contribution in [1.29, 1.82) is 0 Å². The van der Waals surface area contributed by atoms with E-state index in [1.165, 1.54) is 0 Å². The molecule has 0 saturated carbocycles. The fraction of sp³-hybridized carbons (Fsp3) is 0.417. The zero-order valence-corrected chi connectivity index (χ0v) is 8.69. The number of carbonyl (C=O) groups excluding carboxylic acids is 1. The maximum Gasteiger partial charge on any atom is 0.162 e. The molecule has 0 N–H and O–H groups in total. The van der Waals surface area contributed by atoms with Gasteiger partial charge < -0.3 is 0 Å². The third kappa shape index (κ3) is 4.49. The Morgan fingerprint density at radius 3 is 2.47 bits per heavy atom. The molecular formula is C12H15NO2. The van der Waals surface area contributed by atoms with E-state index in [4.69, 9.17) is 0 Å². The van der Waals surface area contributed by atoms with Crippen molar-refractivity contribution in [3.05, 3.63) is 40.8 Å². The summed E-state index contributed by atoms with van der Waals surface area (Å²) in [6.45, 7) is 0.361. The van der Waals surface area contributed by atoms with Crippen LogP contribution in [0.1, 0.15) is 36.0 Å². The Balaban J connectivity index is 2.22. The summed E-state index contributed by atoms with van der Waals surface area (Å²) in [6.07, 6.45) is 3.07.